The molecule has 0 aromatic carbocycles. The van der Waals surface area contributed by atoms with Gasteiger partial charge in [-0.2, -0.15) is 0 Å². The first-order valence-corrected chi connectivity index (χ1v) is 4.69. The molecule has 3 amide bonds. The molecule has 0 unspecified atom stereocenters. The number of rotatable bonds is 5. The highest BCUT2D eigenvalue weighted by Gasteiger charge is 2.27. The predicted octanol–water partition coefficient (Wildman–Crippen LogP) is 0.298. The van der Waals surface area contributed by atoms with Crippen LogP contribution in [0.1, 0.15) is 26.2 Å². The highest BCUT2D eigenvalue weighted by atomic mass is 16.2. The van der Waals surface area contributed by atoms with Crippen LogP contribution in [0.3, 0.4) is 0 Å². The zero-order chi connectivity index (χ0) is 10.6. The van der Waals surface area contributed by atoms with E-state index in [2.05, 4.69) is 5.32 Å². The van der Waals surface area contributed by atoms with Crippen LogP contribution in [0, 0.1) is 0 Å². The third kappa shape index (κ3) is 2.83. The summed E-state index contributed by atoms with van der Waals surface area (Å²) in [4.78, 5) is 33.9. The van der Waals surface area contributed by atoms with Crippen molar-refractivity contribution in [3.63, 3.8) is 0 Å². The Morgan fingerprint density at radius 3 is 2.64 bits per heavy atom. The molecule has 0 bridgehead atoms. The molecule has 0 aromatic heterocycles. The zero-order valence-corrected chi connectivity index (χ0v) is 8.21. The number of hydrogen-bond donors (Lipinski definition) is 1. The normalized spacial score (nSPS) is 15.9. The van der Waals surface area contributed by atoms with Crippen LogP contribution in [-0.2, 0) is 9.59 Å². The standard InChI is InChI=1S/C9H14N2O3/c1-7(12)4-2-3-5-11-8(13)6-10-9(11)14/h2-6H2,1H3,(H,10,14). The number of carbonyl (C=O) groups is 3. The molecule has 5 heteroatoms. The fraction of sp³-hybridized carbons (Fsp3) is 0.667. The quantitative estimate of drug-likeness (QED) is 0.510. The number of nitrogens with zero attached hydrogens (tertiary/aromatic N) is 1. The lowest BCUT2D eigenvalue weighted by atomic mass is 10.2. The average Bonchev–Trinajstić information content (AvgIpc) is 2.42. The lowest BCUT2D eigenvalue weighted by Gasteiger charge is -2.10. The second-order valence-corrected chi connectivity index (χ2v) is 3.36. The van der Waals surface area contributed by atoms with E-state index in [9.17, 15) is 14.4 Å². The van der Waals surface area contributed by atoms with Gasteiger partial charge in [0.25, 0.3) is 0 Å². The minimum Gasteiger partial charge on any atom is -0.329 e. The van der Waals surface area contributed by atoms with Crippen molar-refractivity contribution in [2.24, 2.45) is 0 Å². The summed E-state index contributed by atoms with van der Waals surface area (Å²) in [6, 6.07) is -0.321. The van der Waals surface area contributed by atoms with Crippen LogP contribution in [0.5, 0.6) is 0 Å². The molecule has 14 heavy (non-hydrogen) atoms. The number of nitrogens with one attached hydrogen (secondary N) is 1. The Bertz CT molecular complexity index is 247. The Morgan fingerprint density at radius 2 is 2.14 bits per heavy atom. The van der Waals surface area contributed by atoms with Crippen LogP contribution < -0.4 is 5.32 Å². The largest absolute Gasteiger partial charge is 0.329 e. The molecular weight excluding hydrogens is 184 g/mol. The molecule has 5 nitrogen and oxygen atoms in total. The highest BCUT2D eigenvalue weighted by Crippen LogP contribution is 2.03. The fourth-order valence-corrected chi connectivity index (χ4v) is 1.33. The molecular formula is C9H14N2O3. The van der Waals surface area contributed by atoms with Crippen molar-refractivity contribution in [2.75, 3.05) is 13.1 Å². The van der Waals surface area contributed by atoms with Crippen molar-refractivity contribution in [2.45, 2.75) is 26.2 Å². The Morgan fingerprint density at radius 1 is 1.43 bits per heavy atom. The van der Waals surface area contributed by atoms with E-state index >= 15 is 0 Å². The minimum absolute atomic E-state index is 0.103. The number of urea groups is 1. The molecule has 0 aliphatic carbocycles. The third-order valence-corrected chi connectivity index (χ3v) is 2.10. The van der Waals surface area contributed by atoms with Gasteiger partial charge in [0.05, 0.1) is 6.54 Å². The summed E-state index contributed by atoms with van der Waals surface area (Å²) in [6.45, 7) is 2.05. The molecule has 1 N–H and O–H groups in total. The third-order valence-electron chi connectivity index (χ3n) is 2.10. The van der Waals surface area contributed by atoms with E-state index in [0.29, 0.717) is 19.4 Å². The SMILES string of the molecule is CC(=O)CCCCN1C(=O)CNC1=O. The number of ketones is 1. The summed E-state index contributed by atoms with van der Waals surface area (Å²) >= 11 is 0. The Labute approximate surface area is 82.4 Å². The van der Waals surface area contributed by atoms with Gasteiger partial charge in [-0.05, 0) is 19.8 Å². The van der Waals surface area contributed by atoms with Crippen molar-refractivity contribution in [3.05, 3.63) is 0 Å². The van der Waals surface area contributed by atoms with Gasteiger partial charge in [-0.25, -0.2) is 4.79 Å². The number of amides is 3. The number of imide groups is 1. The maximum absolute atomic E-state index is 11.1. The molecule has 1 aliphatic heterocycles. The van der Waals surface area contributed by atoms with E-state index in [1.54, 1.807) is 0 Å². The monoisotopic (exact) mass is 198 g/mol. The van der Waals surface area contributed by atoms with Gasteiger partial charge in [0.2, 0.25) is 5.91 Å². The highest BCUT2D eigenvalue weighted by molar-refractivity contribution is 6.01. The topological polar surface area (TPSA) is 66.5 Å². The first kappa shape index (κ1) is 10.7. The Kier molecular flexibility index (Phi) is 3.62. The average molecular weight is 198 g/mol. The van der Waals surface area contributed by atoms with Crippen molar-refractivity contribution >= 4 is 17.7 Å². The molecule has 0 saturated carbocycles. The maximum atomic E-state index is 11.1. The van der Waals surface area contributed by atoms with Gasteiger partial charge in [0, 0.05) is 13.0 Å². The van der Waals surface area contributed by atoms with Crippen LogP contribution >= 0.6 is 0 Å². The van der Waals surface area contributed by atoms with Crippen molar-refractivity contribution in [1.82, 2.24) is 10.2 Å². The maximum Gasteiger partial charge on any atom is 0.324 e. The van der Waals surface area contributed by atoms with Gasteiger partial charge in [0.1, 0.15) is 5.78 Å². The summed E-state index contributed by atoms with van der Waals surface area (Å²) in [5.74, 6) is -0.0416. The van der Waals surface area contributed by atoms with Gasteiger partial charge in [-0.1, -0.05) is 0 Å². The van der Waals surface area contributed by atoms with E-state index in [0.717, 1.165) is 6.42 Å². The molecule has 1 aliphatic rings. The smallest absolute Gasteiger partial charge is 0.324 e. The first-order valence-electron chi connectivity index (χ1n) is 4.69. The van der Waals surface area contributed by atoms with E-state index in [1.165, 1.54) is 11.8 Å². The van der Waals surface area contributed by atoms with Gasteiger partial charge in [0.15, 0.2) is 0 Å². The van der Waals surface area contributed by atoms with E-state index < -0.39 is 0 Å². The zero-order valence-electron chi connectivity index (χ0n) is 8.21. The number of hydrogen-bond acceptors (Lipinski definition) is 3. The number of Topliss-reactive ketones (excluding diaryl/α,β-unsaturated/α-hetero) is 1. The van der Waals surface area contributed by atoms with E-state index in [1.807, 2.05) is 0 Å². The lowest BCUT2D eigenvalue weighted by Crippen LogP contribution is -2.31. The van der Waals surface area contributed by atoms with Crippen molar-refractivity contribution in [3.8, 4) is 0 Å². The summed E-state index contributed by atoms with van der Waals surface area (Å²) < 4.78 is 0. The van der Waals surface area contributed by atoms with Crippen molar-refractivity contribution in [1.29, 1.82) is 0 Å². The second-order valence-electron chi connectivity index (χ2n) is 3.36. The fourth-order valence-electron chi connectivity index (χ4n) is 1.33. The Hall–Kier alpha value is -1.39. The molecule has 0 atom stereocenters. The van der Waals surface area contributed by atoms with Gasteiger partial charge < -0.3 is 10.1 Å². The second kappa shape index (κ2) is 4.74. The molecule has 1 rings (SSSR count). The number of unbranched alkanes of at least 4 members (excludes halogenated alkanes) is 1. The lowest BCUT2D eigenvalue weighted by molar-refractivity contribution is -0.125. The Balaban J connectivity index is 2.20. The van der Waals surface area contributed by atoms with E-state index in [4.69, 9.17) is 0 Å². The summed E-state index contributed by atoms with van der Waals surface area (Å²) in [5, 5.41) is 2.44. The number of carbonyl (C=O) groups excluding carboxylic acids is 3. The van der Waals surface area contributed by atoms with E-state index in [-0.39, 0.29) is 24.3 Å². The van der Waals surface area contributed by atoms with Gasteiger partial charge >= 0.3 is 6.03 Å². The molecule has 1 heterocycles. The van der Waals surface area contributed by atoms with Gasteiger partial charge in [-0.3, -0.25) is 9.69 Å². The summed E-state index contributed by atoms with van der Waals surface area (Å²) in [7, 11) is 0. The molecule has 1 fully saturated rings. The molecule has 1 saturated heterocycles. The van der Waals surface area contributed by atoms with Crippen LogP contribution in [-0.4, -0.2) is 35.7 Å². The molecule has 0 aromatic rings. The molecule has 0 spiro atoms. The van der Waals surface area contributed by atoms with Crippen molar-refractivity contribution < 1.29 is 14.4 Å². The van der Waals surface area contributed by atoms with Crippen LogP contribution in [0.4, 0.5) is 4.79 Å². The van der Waals surface area contributed by atoms with Crippen LogP contribution in [0.15, 0.2) is 0 Å². The minimum atomic E-state index is -0.321. The first-order chi connectivity index (χ1) is 6.61. The summed E-state index contributed by atoms with van der Waals surface area (Å²) in [5.41, 5.74) is 0. The van der Waals surface area contributed by atoms with Crippen LogP contribution in [0.2, 0.25) is 0 Å². The molecule has 0 radical (unpaired) electrons. The summed E-state index contributed by atoms with van der Waals surface area (Å²) in [6.07, 6.45) is 1.94. The van der Waals surface area contributed by atoms with Crippen LogP contribution in [0.25, 0.3) is 0 Å². The predicted molar refractivity (Wildman–Crippen MR) is 49.6 cm³/mol. The molecule has 78 valence electrons. The van der Waals surface area contributed by atoms with Gasteiger partial charge in [-0.15, -0.1) is 0 Å².